The Balaban J connectivity index is 1.25. The Bertz CT molecular complexity index is 819. The molecule has 1 unspecified atom stereocenters. The monoisotopic (exact) mass is 384 g/mol. The van der Waals surface area contributed by atoms with Crippen molar-refractivity contribution in [3.63, 3.8) is 0 Å². The van der Waals surface area contributed by atoms with Gasteiger partial charge < -0.3 is 14.6 Å². The van der Waals surface area contributed by atoms with Gasteiger partial charge in [-0.15, -0.1) is 0 Å². The van der Waals surface area contributed by atoms with Crippen molar-refractivity contribution in [3.05, 3.63) is 53.5 Å². The van der Waals surface area contributed by atoms with Gasteiger partial charge in [-0.2, -0.15) is 11.8 Å². The molecule has 1 aliphatic carbocycles. The maximum Gasteiger partial charge on any atom is 0.227 e. The summed E-state index contributed by atoms with van der Waals surface area (Å²) in [6.45, 7) is 1.08. The van der Waals surface area contributed by atoms with Gasteiger partial charge in [-0.05, 0) is 54.7 Å². The summed E-state index contributed by atoms with van der Waals surface area (Å²) in [5.74, 6) is 2.32. The highest BCUT2D eigenvalue weighted by atomic mass is 32.2. The Kier molecular flexibility index (Phi) is 5.53. The van der Waals surface area contributed by atoms with Crippen LogP contribution >= 0.6 is 11.8 Å². The van der Waals surface area contributed by atoms with Crippen molar-refractivity contribution in [1.82, 2.24) is 5.32 Å². The molecular formula is C21H24N2O3S. The van der Waals surface area contributed by atoms with Gasteiger partial charge in [0.1, 0.15) is 5.76 Å². The minimum Gasteiger partial charge on any atom is -0.468 e. The molecule has 1 fully saturated rings. The zero-order chi connectivity index (χ0) is 18.6. The Labute approximate surface area is 163 Å². The van der Waals surface area contributed by atoms with Gasteiger partial charge in [0, 0.05) is 31.0 Å². The third-order valence-corrected chi connectivity index (χ3v) is 6.24. The molecule has 6 heteroatoms. The molecule has 1 saturated heterocycles. The molecule has 1 aromatic carbocycles. The first-order chi connectivity index (χ1) is 13.2. The largest absolute Gasteiger partial charge is 0.468 e. The van der Waals surface area contributed by atoms with E-state index < -0.39 is 0 Å². The van der Waals surface area contributed by atoms with Crippen LogP contribution in [0.25, 0.3) is 0 Å². The van der Waals surface area contributed by atoms with E-state index in [1.54, 1.807) is 22.9 Å². The van der Waals surface area contributed by atoms with Crippen LogP contribution in [-0.2, 0) is 28.2 Å². The first kappa shape index (κ1) is 18.2. The van der Waals surface area contributed by atoms with E-state index in [2.05, 4.69) is 17.4 Å². The number of fused-ring (bicyclic) bond motifs is 1. The lowest BCUT2D eigenvalue weighted by Gasteiger charge is -2.18. The molecule has 1 N–H and O–H groups in total. The molecule has 1 aliphatic heterocycles. The highest BCUT2D eigenvalue weighted by molar-refractivity contribution is 7.98. The van der Waals surface area contributed by atoms with E-state index in [-0.39, 0.29) is 17.7 Å². The SMILES string of the molecule is O=C(NCCSCc1ccco1)C1CC(=O)N(c2ccc3c(c2)CCC3)C1. The lowest BCUT2D eigenvalue weighted by Crippen LogP contribution is -2.34. The summed E-state index contributed by atoms with van der Waals surface area (Å²) in [5.41, 5.74) is 3.68. The summed E-state index contributed by atoms with van der Waals surface area (Å²) >= 11 is 1.72. The molecule has 4 rings (SSSR count). The predicted molar refractivity (Wildman–Crippen MR) is 107 cm³/mol. The summed E-state index contributed by atoms with van der Waals surface area (Å²) < 4.78 is 5.28. The van der Waals surface area contributed by atoms with E-state index in [1.807, 2.05) is 18.2 Å². The zero-order valence-electron chi connectivity index (χ0n) is 15.3. The Morgan fingerprint density at radius 1 is 1.26 bits per heavy atom. The predicted octanol–water partition coefficient (Wildman–Crippen LogP) is 3.17. The average molecular weight is 385 g/mol. The quantitative estimate of drug-likeness (QED) is 0.745. The van der Waals surface area contributed by atoms with E-state index >= 15 is 0 Å². The molecule has 0 spiro atoms. The number of carbonyl (C=O) groups excluding carboxylic acids is 2. The molecule has 27 heavy (non-hydrogen) atoms. The van der Waals surface area contributed by atoms with Gasteiger partial charge in [-0.25, -0.2) is 0 Å². The normalized spacial score (nSPS) is 18.7. The third kappa shape index (κ3) is 4.21. The number of amides is 2. The number of aryl methyl sites for hydroxylation is 2. The van der Waals surface area contributed by atoms with Crippen molar-refractivity contribution in [2.24, 2.45) is 5.92 Å². The first-order valence-corrected chi connectivity index (χ1v) is 10.7. The second kappa shape index (κ2) is 8.21. The van der Waals surface area contributed by atoms with Gasteiger partial charge in [-0.3, -0.25) is 9.59 Å². The molecule has 2 aromatic rings. The molecule has 0 radical (unpaired) electrons. The maximum absolute atomic E-state index is 12.4. The number of rotatable bonds is 7. The van der Waals surface area contributed by atoms with Crippen molar-refractivity contribution < 1.29 is 14.0 Å². The molecular weight excluding hydrogens is 360 g/mol. The smallest absolute Gasteiger partial charge is 0.227 e. The van der Waals surface area contributed by atoms with Gasteiger partial charge in [0.2, 0.25) is 11.8 Å². The Hall–Kier alpha value is -2.21. The molecule has 2 aliphatic rings. The summed E-state index contributed by atoms with van der Waals surface area (Å²) in [7, 11) is 0. The molecule has 1 aromatic heterocycles. The summed E-state index contributed by atoms with van der Waals surface area (Å²) in [4.78, 5) is 26.6. The topological polar surface area (TPSA) is 62.6 Å². The highest BCUT2D eigenvalue weighted by Gasteiger charge is 2.35. The molecule has 1 atom stereocenters. The van der Waals surface area contributed by atoms with Crippen molar-refractivity contribution in [3.8, 4) is 0 Å². The van der Waals surface area contributed by atoms with Gasteiger partial charge in [0.05, 0.1) is 17.9 Å². The maximum atomic E-state index is 12.4. The first-order valence-electron chi connectivity index (χ1n) is 9.51. The molecule has 142 valence electrons. The fourth-order valence-corrected chi connectivity index (χ4v) is 4.57. The second-order valence-electron chi connectivity index (χ2n) is 7.13. The van der Waals surface area contributed by atoms with Crippen LogP contribution in [0.4, 0.5) is 5.69 Å². The van der Waals surface area contributed by atoms with Gasteiger partial charge in [0.25, 0.3) is 0 Å². The fraction of sp³-hybridized carbons (Fsp3) is 0.429. The van der Waals surface area contributed by atoms with Crippen molar-refractivity contribution in [2.45, 2.75) is 31.4 Å². The Morgan fingerprint density at radius 3 is 3.00 bits per heavy atom. The van der Waals surface area contributed by atoms with E-state index in [9.17, 15) is 9.59 Å². The van der Waals surface area contributed by atoms with Gasteiger partial charge in [0.15, 0.2) is 0 Å². The standard InChI is InChI=1S/C21H24N2O3S/c24-20-12-17(21(25)22-8-10-27-14-19-5-2-9-26-19)13-23(20)18-7-6-15-3-1-4-16(15)11-18/h2,5-7,9,11,17H,1,3-4,8,10,12-14H2,(H,22,25). The minimum atomic E-state index is -0.263. The van der Waals surface area contributed by atoms with Crippen LogP contribution in [0.2, 0.25) is 0 Å². The molecule has 2 amide bonds. The molecule has 0 saturated carbocycles. The number of anilines is 1. The van der Waals surface area contributed by atoms with Crippen LogP contribution in [0.3, 0.4) is 0 Å². The number of thioether (sulfide) groups is 1. The number of hydrogen-bond donors (Lipinski definition) is 1. The average Bonchev–Trinajstić information content (AvgIpc) is 3.41. The van der Waals surface area contributed by atoms with E-state index in [0.29, 0.717) is 19.5 Å². The lowest BCUT2D eigenvalue weighted by atomic mass is 10.1. The van der Waals surface area contributed by atoms with Crippen molar-refractivity contribution in [1.29, 1.82) is 0 Å². The minimum absolute atomic E-state index is 0.0226. The highest BCUT2D eigenvalue weighted by Crippen LogP contribution is 2.30. The fourth-order valence-electron chi connectivity index (χ4n) is 3.82. The van der Waals surface area contributed by atoms with Crippen molar-refractivity contribution in [2.75, 3.05) is 23.7 Å². The Morgan fingerprint density at radius 2 is 2.15 bits per heavy atom. The molecule has 0 bridgehead atoms. The summed E-state index contributed by atoms with van der Waals surface area (Å²) in [6, 6.07) is 10.1. The molecule has 5 nitrogen and oxygen atoms in total. The zero-order valence-corrected chi connectivity index (χ0v) is 16.1. The number of benzene rings is 1. The lowest BCUT2D eigenvalue weighted by molar-refractivity contribution is -0.126. The number of furan rings is 1. The molecule has 2 heterocycles. The second-order valence-corrected chi connectivity index (χ2v) is 8.24. The number of nitrogens with one attached hydrogen (secondary N) is 1. The van der Waals surface area contributed by atoms with Crippen LogP contribution in [0.15, 0.2) is 41.0 Å². The number of hydrogen-bond acceptors (Lipinski definition) is 4. The van der Waals surface area contributed by atoms with Gasteiger partial charge >= 0.3 is 0 Å². The number of nitrogens with zero attached hydrogens (tertiary/aromatic N) is 1. The van der Waals surface area contributed by atoms with Crippen LogP contribution in [0.1, 0.15) is 29.7 Å². The number of carbonyl (C=O) groups is 2. The van der Waals surface area contributed by atoms with Crippen LogP contribution < -0.4 is 10.2 Å². The van der Waals surface area contributed by atoms with Crippen LogP contribution in [-0.4, -0.2) is 30.7 Å². The van der Waals surface area contributed by atoms with Crippen LogP contribution in [0, 0.1) is 5.92 Å². The van der Waals surface area contributed by atoms with Crippen molar-refractivity contribution >= 4 is 29.3 Å². The summed E-state index contributed by atoms with van der Waals surface area (Å²) in [5, 5.41) is 2.97. The van der Waals surface area contributed by atoms with E-state index in [0.717, 1.165) is 35.8 Å². The van der Waals surface area contributed by atoms with E-state index in [4.69, 9.17) is 4.42 Å². The van der Waals surface area contributed by atoms with Crippen LogP contribution in [0.5, 0.6) is 0 Å². The van der Waals surface area contributed by atoms with Gasteiger partial charge in [-0.1, -0.05) is 6.07 Å². The van der Waals surface area contributed by atoms with E-state index in [1.165, 1.54) is 17.5 Å². The third-order valence-electron chi connectivity index (χ3n) is 5.26. The summed E-state index contributed by atoms with van der Waals surface area (Å²) in [6.07, 6.45) is 5.37.